The second-order valence-electron chi connectivity index (χ2n) is 6.02. The van der Waals surface area contributed by atoms with Crippen LogP contribution in [0.5, 0.6) is 0 Å². The van der Waals surface area contributed by atoms with E-state index in [-0.39, 0.29) is 17.6 Å². The first-order chi connectivity index (χ1) is 10.5. The maximum absolute atomic E-state index is 12.5. The number of esters is 1. The Balaban J connectivity index is 2.34. The molecule has 1 heterocycles. The molecule has 0 aromatic heterocycles. The number of hydrogen-bond acceptors (Lipinski definition) is 5. The molecule has 1 N–H and O–H groups in total. The number of ether oxygens (including phenoxy) is 2. The molecule has 2 aliphatic rings. The third kappa shape index (κ3) is 3.40. The molecular formula is C17H24O5. The Bertz CT molecular complexity index is 505. The lowest BCUT2D eigenvalue weighted by Crippen LogP contribution is -2.47. The maximum Gasteiger partial charge on any atom is 0.350 e. The summed E-state index contributed by atoms with van der Waals surface area (Å²) in [4.78, 5) is 24.3. The molecule has 22 heavy (non-hydrogen) atoms. The minimum Gasteiger partial charge on any atom is -0.497 e. The smallest absolute Gasteiger partial charge is 0.350 e. The zero-order valence-electron chi connectivity index (χ0n) is 13.3. The zero-order valence-corrected chi connectivity index (χ0v) is 13.3. The van der Waals surface area contributed by atoms with E-state index in [9.17, 15) is 14.7 Å². The first-order valence-electron chi connectivity index (χ1n) is 7.93. The molecule has 0 bridgehead atoms. The number of allylic oxidation sites excluding steroid dienone is 2. The molecule has 2 rings (SSSR count). The highest BCUT2D eigenvalue weighted by Crippen LogP contribution is 2.35. The van der Waals surface area contributed by atoms with Crippen molar-refractivity contribution in [1.29, 1.82) is 0 Å². The summed E-state index contributed by atoms with van der Waals surface area (Å²) in [5.74, 6) is -1.08. The van der Waals surface area contributed by atoms with Gasteiger partial charge in [0.05, 0.1) is 13.2 Å². The third-order valence-electron chi connectivity index (χ3n) is 4.29. The van der Waals surface area contributed by atoms with Gasteiger partial charge < -0.3 is 14.6 Å². The monoisotopic (exact) mass is 308 g/mol. The molecule has 5 nitrogen and oxygen atoms in total. The Morgan fingerprint density at radius 1 is 1.18 bits per heavy atom. The number of rotatable bonds is 1. The summed E-state index contributed by atoms with van der Waals surface area (Å²) >= 11 is 0. The van der Waals surface area contributed by atoms with Crippen molar-refractivity contribution < 1.29 is 24.2 Å². The Kier molecular flexibility index (Phi) is 5.40. The van der Waals surface area contributed by atoms with Gasteiger partial charge in [0.25, 0.3) is 0 Å². The summed E-state index contributed by atoms with van der Waals surface area (Å²) in [6, 6.07) is 0. The fraction of sp³-hybridized carbons (Fsp3) is 0.647. The van der Waals surface area contributed by atoms with E-state index in [1.165, 1.54) is 13.2 Å². The molecule has 0 radical (unpaired) electrons. The quantitative estimate of drug-likeness (QED) is 0.753. The molecule has 2 atom stereocenters. The molecule has 1 fully saturated rings. The normalized spacial score (nSPS) is 31.0. The predicted octanol–water partition coefficient (Wildman–Crippen LogP) is 2.43. The van der Waals surface area contributed by atoms with Gasteiger partial charge in [-0.15, -0.1) is 0 Å². The van der Waals surface area contributed by atoms with Crippen molar-refractivity contribution in [3.8, 4) is 0 Å². The van der Waals surface area contributed by atoms with Gasteiger partial charge in [-0.3, -0.25) is 4.79 Å². The van der Waals surface area contributed by atoms with E-state index in [2.05, 4.69) is 0 Å². The lowest BCUT2D eigenvalue weighted by molar-refractivity contribution is -0.166. The summed E-state index contributed by atoms with van der Waals surface area (Å²) in [7, 11) is 1.34. The van der Waals surface area contributed by atoms with Gasteiger partial charge >= 0.3 is 5.97 Å². The third-order valence-corrected chi connectivity index (χ3v) is 4.29. The van der Waals surface area contributed by atoms with Crippen LogP contribution in [0.1, 0.15) is 51.9 Å². The lowest BCUT2D eigenvalue weighted by Gasteiger charge is -2.33. The molecule has 0 unspecified atom stereocenters. The minimum absolute atomic E-state index is 0.0516. The van der Waals surface area contributed by atoms with Crippen molar-refractivity contribution in [3.63, 3.8) is 0 Å². The number of hydrogen-bond donors (Lipinski definition) is 1. The average molecular weight is 308 g/mol. The highest BCUT2D eigenvalue weighted by atomic mass is 16.6. The molecule has 1 aliphatic heterocycles. The van der Waals surface area contributed by atoms with Crippen LogP contribution in [0.4, 0.5) is 0 Å². The van der Waals surface area contributed by atoms with Crippen LogP contribution < -0.4 is 0 Å². The zero-order chi connectivity index (χ0) is 16.2. The van der Waals surface area contributed by atoms with Crippen molar-refractivity contribution >= 4 is 11.8 Å². The van der Waals surface area contributed by atoms with Crippen LogP contribution in [0, 0.1) is 0 Å². The van der Waals surface area contributed by atoms with Gasteiger partial charge in [-0.1, -0.05) is 19.3 Å². The van der Waals surface area contributed by atoms with Gasteiger partial charge in [0, 0.05) is 6.08 Å². The lowest BCUT2D eigenvalue weighted by atomic mass is 9.82. The van der Waals surface area contributed by atoms with Crippen LogP contribution in [-0.2, 0) is 19.1 Å². The van der Waals surface area contributed by atoms with E-state index >= 15 is 0 Å². The number of ketones is 1. The minimum atomic E-state index is -1.98. The number of carbonyl (C=O) groups excluding carboxylic acids is 2. The van der Waals surface area contributed by atoms with E-state index in [1.807, 2.05) is 6.92 Å². The highest BCUT2D eigenvalue weighted by Gasteiger charge is 2.49. The molecule has 0 spiro atoms. The fourth-order valence-electron chi connectivity index (χ4n) is 3.01. The largest absolute Gasteiger partial charge is 0.497 e. The average Bonchev–Trinajstić information content (AvgIpc) is 2.47. The number of cyclic esters (lactones) is 1. The summed E-state index contributed by atoms with van der Waals surface area (Å²) in [5.41, 5.74) is -1.61. The van der Waals surface area contributed by atoms with E-state index in [0.717, 1.165) is 44.6 Å². The standard InChI is InChI=1S/C17H24O5/c1-12-8-6-4-3-5-7-9-13-10-14(18)11-15(21-2)17(13,20)16(19)22-12/h10-12,20H,3-9H2,1-2H3/t12-,17-/m1/s1. The van der Waals surface area contributed by atoms with Crippen molar-refractivity contribution in [2.24, 2.45) is 0 Å². The topological polar surface area (TPSA) is 72.8 Å². The van der Waals surface area contributed by atoms with Crippen LogP contribution >= 0.6 is 0 Å². The van der Waals surface area contributed by atoms with E-state index in [4.69, 9.17) is 9.47 Å². The fourth-order valence-corrected chi connectivity index (χ4v) is 3.01. The second kappa shape index (κ2) is 7.09. The summed E-state index contributed by atoms with van der Waals surface area (Å²) in [5, 5.41) is 11.0. The van der Waals surface area contributed by atoms with Gasteiger partial charge in [-0.25, -0.2) is 4.79 Å². The van der Waals surface area contributed by atoms with Crippen LogP contribution in [-0.4, -0.2) is 35.7 Å². The molecule has 5 heteroatoms. The number of aliphatic hydroxyl groups is 1. The number of fused-ring (bicyclic) bond motifs is 1. The van der Waals surface area contributed by atoms with Gasteiger partial charge in [0.15, 0.2) is 5.78 Å². The first kappa shape index (κ1) is 16.7. The van der Waals surface area contributed by atoms with Crippen molar-refractivity contribution in [2.75, 3.05) is 7.11 Å². The number of methoxy groups -OCH3 is 1. The van der Waals surface area contributed by atoms with Crippen LogP contribution in [0.2, 0.25) is 0 Å². The predicted molar refractivity (Wildman–Crippen MR) is 81.0 cm³/mol. The summed E-state index contributed by atoms with van der Waals surface area (Å²) < 4.78 is 10.5. The van der Waals surface area contributed by atoms with Gasteiger partial charge in [-0.2, -0.15) is 0 Å². The second-order valence-corrected chi connectivity index (χ2v) is 6.02. The van der Waals surface area contributed by atoms with Gasteiger partial charge in [-0.05, 0) is 44.3 Å². The highest BCUT2D eigenvalue weighted by molar-refractivity contribution is 6.05. The van der Waals surface area contributed by atoms with Gasteiger partial charge in [0.2, 0.25) is 5.60 Å². The summed E-state index contributed by atoms with van der Waals surface area (Å²) in [6.45, 7) is 1.82. The van der Waals surface area contributed by atoms with Gasteiger partial charge in [0.1, 0.15) is 5.76 Å². The van der Waals surface area contributed by atoms with Crippen molar-refractivity contribution in [3.05, 3.63) is 23.5 Å². The van der Waals surface area contributed by atoms with E-state index < -0.39 is 11.6 Å². The molecule has 0 aromatic rings. The molecular weight excluding hydrogens is 284 g/mol. The SMILES string of the molecule is COC1=CC(=O)C=C2CCCCCCC[C@@H](C)OC(=O)[C@@]21O. The van der Waals surface area contributed by atoms with Crippen LogP contribution in [0.3, 0.4) is 0 Å². The molecule has 0 saturated carbocycles. The Labute approximate surface area is 131 Å². The Morgan fingerprint density at radius 3 is 2.59 bits per heavy atom. The van der Waals surface area contributed by atoms with E-state index in [1.54, 1.807) is 0 Å². The molecule has 1 saturated heterocycles. The first-order valence-corrected chi connectivity index (χ1v) is 7.93. The van der Waals surface area contributed by atoms with E-state index in [0.29, 0.717) is 12.0 Å². The van der Waals surface area contributed by atoms with Crippen LogP contribution in [0.25, 0.3) is 0 Å². The number of carbonyl (C=O) groups is 2. The Hall–Kier alpha value is -1.62. The summed E-state index contributed by atoms with van der Waals surface area (Å²) in [6.07, 6.45) is 8.51. The van der Waals surface area contributed by atoms with Crippen molar-refractivity contribution in [1.82, 2.24) is 0 Å². The van der Waals surface area contributed by atoms with Crippen LogP contribution in [0.15, 0.2) is 23.5 Å². The molecule has 0 aromatic carbocycles. The molecule has 1 aliphatic carbocycles. The molecule has 0 amide bonds. The maximum atomic E-state index is 12.5. The van der Waals surface area contributed by atoms with Crippen molar-refractivity contribution in [2.45, 2.75) is 63.6 Å². The molecule has 122 valence electrons. The Morgan fingerprint density at radius 2 is 1.86 bits per heavy atom.